The number of carbonyl (C=O) groups is 1. The summed E-state index contributed by atoms with van der Waals surface area (Å²) in [5.41, 5.74) is 1.92. The number of anilines is 1. The molecule has 0 saturated heterocycles. The minimum atomic E-state index is 0. The maximum absolute atomic E-state index is 12.1. The Morgan fingerprint density at radius 2 is 2.14 bits per heavy atom. The Kier molecular flexibility index (Phi) is 11.4. The van der Waals surface area contributed by atoms with Crippen LogP contribution >= 0.6 is 24.0 Å². The van der Waals surface area contributed by atoms with Gasteiger partial charge in [0.25, 0.3) is 0 Å². The molecule has 0 aliphatic heterocycles. The summed E-state index contributed by atoms with van der Waals surface area (Å²) in [5.74, 6) is 1.70. The van der Waals surface area contributed by atoms with E-state index in [-0.39, 0.29) is 35.8 Å². The van der Waals surface area contributed by atoms with E-state index in [0.717, 1.165) is 42.7 Å². The fourth-order valence-corrected chi connectivity index (χ4v) is 2.62. The molecular weight excluding hydrogens is 467 g/mol. The predicted molar refractivity (Wildman–Crippen MR) is 126 cm³/mol. The highest BCUT2D eigenvalue weighted by atomic mass is 127. The minimum Gasteiger partial charge on any atom is -0.379 e. The fourth-order valence-electron chi connectivity index (χ4n) is 2.62. The summed E-state index contributed by atoms with van der Waals surface area (Å²) < 4.78 is 5.70. The van der Waals surface area contributed by atoms with Crippen LogP contribution in [0.2, 0.25) is 0 Å². The van der Waals surface area contributed by atoms with Gasteiger partial charge in [-0.1, -0.05) is 26.0 Å². The lowest BCUT2D eigenvalue weighted by atomic mass is 10.1. The second kappa shape index (κ2) is 13.0. The van der Waals surface area contributed by atoms with Crippen LogP contribution in [0.4, 0.5) is 5.69 Å². The van der Waals surface area contributed by atoms with E-state index < -0.39 is 0 Å². The van der Waals surface area contributed by atoms with Crippen LogP contribution in [0.15, 0.2) is 29.3 Å². The number of hydrogen-bond donors (Lipinski definition) is 2. The molecule has 1 aromatic carbocycles. The first kappa shape index (κ1) is 24.7. The molecule has 0 aromatic heterocycles. The van der Waals surface area contributed by atoms with Crippen molar-refractivity contribution in [3.8, 4) is 0 Å². The number of likely N-dealkylation sites (N-methyl/N-ethyl adjacent to an activating group) is 1. The number of guanidine groups is 1. The van der Waals surface area contributed by atoms with Crippen molar-refractivity contribution in [1.29, 1.82) is 0 Å². The lowest BCUT2D eigenvalue weighted by Crippen LogP contribution is -2.40. The van der Waals surface area contributed by atoms with E-state index in [0.29, 0.717) is 13.2 Å². The number of aliphatic imine (C=N–C) groups is 1. The Balaban J connectivity index is 0.00000392. The van der Waals surface area contributed by atoms with E-state index in [4.69, 9.17) is 4.74 Å². The highest BCUT2D eigenvalue weighted by Gasteiger charge is 2.21. The number of ether oxygens (including phenoxy) is 1. The lowest BCUT2D eigenvalue weighted by molar-refractivity contribution is -0.119. The van der Waals surface area contributed by atoms with Crippen molar-refractivity contribution in [2.75, 3.05) is 39.2 Å². The Bertz CT molecular complexity index is 635. The molecule has 158 valence electrons. The average Bonchev–Trinajstić information content (AvgIpc) is 3.49. The zero-order valence-electron chi connectivity index (χ0n) is 17.5. The molecule has 1 atom stereocenters. The maximum Gasteiger partial charge on any atom is 0.227 e. The number of nitrogens with one attached hydrogen (secondary N) is 2. The minimum absolute atomic E-state index is 0. The monoisotopic (exact) mass is 502 g/mol. The van der Waals surface area contributed by atoms with Gasteiger partial charge in [0.15, 0.2) is 5.96 Å². The van der Waals surface area contributed by atoms with Gasteiger partial charge in [-0.2, -0.15) is 0 Å². The molecule has 1 amide bonds. The molecule has 6 nitrogen and oxygen atoms in total. The van der Waals surface area contributed by atoms with Crippen molar-refractivity contribution in [2.45, 2.75) is 39.7 Å². The van der Waals surface area contributed by atoms with E-state index in [2.05, 4.69) is 20.5 Å². The molecule has 1 aromatic rings. The van der Waals surface area contributed by atoms with Crippen LogP contribution in [0.1, 0.15) is 38.7 Å². The predicted octanol–water partition coefficient (Wildman–Crippen LogP) is 3.72. The van der Waals surface area contributed by atoms with Crippen LogP contribution in [0.5, 0.6) is 0 Å². The summed E-state index contributed by atoms with van der Waals surface area (Å²) in [5, 5.41) is 6.35. The van der Waals surface area contributed by atoms with Gasteiger partial charge in [-0.3, -0.25) is 9.79 Å². The van der Waals surface area contributed by atoms with Gasteiger partial charge in [0, 0.05) is 45.4 Å². The van der Waals surface area contributed by atoms with E-state index in [1.807, 2.05) is 45.2 Å². The van der Waals surface area contributed by atoms with Crippen molar-refractivity contribution in [2.24, 2.45) is 16.8 Å². The first-order valence-corrected chi connectivity index (χ1v) is 9.92. The Morgan fingerprint density at radius 1 is 1.39 bits per heavy atom. The van der Waals surface area contributed by atoms with Crippen molar-refractivity contribution >= 4 is 41.5 Å². The normalized spacial score (nSPS) is 14.8. The highest BCUT2D eigenvalue weighted by molar-refractivity contribution is 14.0. The van der Waals surface area contributed by atoms with Crippen LogP contribution in [0.3, 0.4) is 0 Å². The summed E-state index contributed by atoms with van der Waals surface area (Å²) in [7, 11) is 3.80. The SMILES string of the molecule is CCC(C)C(=O)Nc1cccc(CNC(=NC)N(C)CCOCC2CC2)c1.I. The number of rotatable bonds is 10. The Labute approximate surface area is 186 Å². The van der Waals surface area contributed by atoms with Gasteiger partial charge >= 0.3 is 0 Å². The summed E-state index contributed by atoms with van der Waals surface area (Å²) >= 11 is 0. The number of halogens is 1. The molecule has 2 N–H and O–H groups in total. The quantitative estimate of drug-likeness (QED) is 0.222. The van der Waals surface area contributed by atoms with Crippen LogP contribution in [0.25, 0.3) is 0 Å². The van der Waals surface area contributed by atoms with Gasteiger partial charge in [0.2, 0.25) is 5.91 Å². The highest BCUT2D eigenvalue weighted by Crippen LogP contribution is 2.28. The van der Waals surface area contributed by atoms with Crippen molar-refractivity contribution < 1.29 is 9.53 Å². The Morgan fingerprint density at radius 3 is 2.79 bits per heavy atom. The standard InChI is InChI=1S/C21H34N4O2.HI/c1-5-16(2)20(26)24-19-8-6-7-18(13-19)14-23-21(22-3)25(4)11-12-27-15-17-9-10-17;/h6-8,13,16-17H,5,9-12,14-15H2,1-4H3,(H,22,23)(H,24,26);1H. The number of carbonyl (C=O) groups excluding carboxylic acids is 1. The Hall–Kier alpha value is -1.35. The summed E-state index contributed by atoms with van der Waals surface area (Å²) in [6.07, 6.45) is 3.46. The van der Waals surface area contributed by atoms with Crippen LogP contribution in [-0.2, 0) is 16.1 Å². The van der Waals surface area contributed by atoms with Crippen molar-refractivity contribution in [3.05, 3.63) is 29.8 Å². The molecule has 7 heteroatoms. The van der Waals surface area contributed by atoms with Gasteiger partial charge < -0.3 is 20.3 Å². The molecule has 0 spiro atoms. The van der Waals surface area contributed by atoms with Gasteiger partial charge in [-0.25, -0.2) is 0 Å². The molecule has 28 heavy (non-hydrogen) atoms. The van der Waals surface area contributed by atoms with E-state index in [9.17, 15) is 4.79 Å². The fraction of sp³-hybridized carbons (Fsp3) is 0.619. The molecule has 1 aliphatic carbocycles. The van der Waals surface area contributed by atoms with E-state index >= 15 is 0 Å². The molecule has 1 saturated carbocycles. The topological polar surface area (TPSA) is 66.0 Å². The summed E-state index contributed by atoms with van der Waals surface area (Å²) in [6.45, 7) is 7.00. The zero-order valence-corrected chi connectivity index (χ0v) is 19.9. The van der Waals surface area contributed by atoms with Crippen LogP contribution in [-0.4, -0.2) is 50.6 Å². The second-order valence-electron chi connectivity index (χ2n) is 7.34. The maximum atomic E-state index is 12.1. The van der Waals surface area contributed by atoms with Gasteiger partial charge in [0.1, 0.15) is 0 Å². The van der Waals surface area contributed by atoms with Crippen molar-refractivity contribution in [1.82, 2.24) is 10.2 Å². The average molecular weight is 502 g/mol. The molecule has 1 unspecified atom stereocenters. The number of hydrogen-bond acceptors (Lipinski definition) is 3. The van der Waals surface area contributed by atoms with Crippen LogP contribution in [0, 0.1) is 11.8 Å². The van der Waals surface area contributed by atoms with Gasteiger partial charge in [-0.05, 0) is 42.9 Å². The number of benzene rings is 1. The number of nitrogens with zero attached hydrogens (tertiary/aromatic N) is 2. The first-order chi connectivity index (χ1) is 13.0. The van der Waals surface area contributed by atoms with Crippen LogP contribution < -0.4 is 10.6 Å². The molecule has 0 radical (unpaired) electrons. The zero-order chi connectivity index (χ0) is 19.6. The molecular formula is C21H35IN4O2. The number of amides is 1. The van der Waals surface area contributed by atoms with Gasteiger partial charge in [-0.15, -0.1) is 24.0 Å². The lowest BCUT2D eigenvalue weighted by Gasteiger charge is -2.22. The van der Waals surface area contributed by atoms with E-state index in [1.54, 1.807) is 7.05 Å². The van der Waals surface area contributed by atoms with E-state index in [1.165, 1.54) is 12.8 Å². The molecule has 1 aliphatic rings. The second-order valence-corrected chi connectivity index (χ2v) is 7.34. The first-order valence-electron chi connectivity index (χ1n) is 9.92. The third-order valence-electron chi connectivity index (χ3n) is 4.90. The third kappa shape index (κ3) is 8.77. The summed E-state index contributed by atoms with van der Waals surface area (Å²) in [6, 6.07) is 7.92. The molecule has 1 fully saturated rings. The smallest absolute Gasteiger partial charge is 0.227 e. The third-order valence-corrected chi connectivity index (χ3v) is 4.90. The molecule has 2 rings (SSSR count). The van der Waals surface area contributed by atoms with Crippen molar-refractivity contribution in [3.63, 3.8) is 0 Å². The van der Waals surface area contributed by atoms with Gasteiger partial charge in [0.05, 0.1) is 6.61 Å². The molecule has 0 heterocycles. The summed E-state index contributed by atoms with van der Waals surface area (Å²) in [4.78, 5) is 18.5. The molecule has 0 bridgehead atoms. The largest absolute Gasteiger partial charge is 0.379 e.